The Morgan fingerprint density at radius 3 is 1.37 bits per heavy atom. The van der Waals surface area contributed by atoms with Crippen molar-refractivity contribution in [2.24, 2.45) is 17.8 Å². The number of unbranched alkanes of at least 4 members (excludes halogenated alkanes) is 22. The first-order valence-corrected chi connectivity index (χ1v) is 31.2. The molecule has 2 fully saturated rings. The maximum absolute atomic E-state index is 14.2. The molecule has 456 valence electrons. The first kappa shape index (κ1) is 70.8. The predicted molar refractivity (Wildman–Crippen MR) is 310 cm³/mol. The van der Waals surface area contributed by atoms with Gasteiger partial charge in [-0.1, -0.05) is 196 Å². The molecule has 2 rings (SSSR count). The van der Waals surface area contributed by atoms with Crippen LogP contribution in [-0.4, -0.2) is 132 Å². The highest BCUT2D eigenvalue weighted by atomic mass is 16.5. The van der Waals surface area contributed by atoms with E-state index in [0.717, 1.165) is 25.7 Å². The number of amides is 7. The topological polar surface area (TPSA) is 251 Å². The van der Waals surface area contributed by atoms with Gasteiger partial charge in [0.25, 0.3) is 0 Å². The molecule has 18 heteroatoms. The lowest BCUT2D eigenvalue weighted by atomic mass is 9.96. The van der Waals surface area contributed by atoms with Crippen LogP contribution in [0, 0.1) is 17.8 Å². The molecule has 2 unspecified atom stereocenters. The number of aliphatic hydroxyl groups excluding tert-OH is 1. The zero-order chi connectivity index (χ0) is 58.9. The molecule has 2 heterocycles. The molecule has 0 radical (unpaired) electrons. The third kappa shape index (κ3) is 26.9. The van der Waals surface area contributed by atoms with Crippen molar-refractivity contribution in [1.29, 1.82) is 0 Å². The minimum atomic E-state index is -1.52. The summed E-state index contributed by atoms with van der Waals surface area (Å²) in [4.78, 5) is 114. The number of cyclic esters (lactones) is 1. The number of fused-ring (bicyclic) bond motifs is 1. The van der Waals surface area contributed by atoms with Gasteiger partial charge in [0, 0.05) is 13.7 Å². The van der Waals surface area contributed by atoms with Crippen molar-refractivity contribution in [3.05, 3.63) is 0 Å². The average molecular weight is 1120 g/mol. The lowest BCUT2D eigenvalue weighted by molar-refractivity contribution is -0.158. The Labute approximate surface area is 476 Å². The van der Waals surface area contributed by atoms with Crippen molar-refractivity contribution in [2.75, 3.05) is 13.7 Å². The van der Waals surface area contributed by atoms with E-state index in [4.69, 9.17) is 9.47 Å². The van der Waals surface area contributed by atoms with E-state index in [1.165, 1.54) is 141 Å². The zero-order valence-corrected chi connectivity index (χ0v) is 51.0. The molecule has 0 aromatic heterocycles. The van der Waals surface area contributed by atoms with Crippen LogP contribution in [0.1, 0.15) is 249 Å². The van der Waals surface area contributed by atoms with Crippen LogP contribution in [0.15, 0.2) is 0 Å². The Morgan fingerprint density at radius 2 is 0.937 bits per heavy atom. The van der Waals surface area contributed by atoms with Gasteiger partial charge in [-0.25, -0.2) is 4.79 Å². The van der Waals surface area contributed by atoms with Crippen LogP contribution in [0.2, 0.25) is 0 Å². The zero-order valence-electron chi connectivity index (χ0n) is 51.0. The number of ether oxygens (including phenoxy) is 2. The van der Waals surface area contributed by atoms with Crippen molar-refractivity contribution in [3.63, 3.8) is 0 Å². The summed E-state index contributed by atoms with van der Waals surface area (Å²) in [7, 11) is 1.37. The largest absolute Gasteiger partial charge is 0.460 e. The van der Waals surface area contributed by atoms with E-state index in [0.29, 0.717) is 25.7 Å². The second-order valence-electron chi connectivity index (χ2n) is 23.8. The monoisotopic (exact) mass is 1120 g/mol. The highest BCUT2D eigenvalue weighted by Crippen LogP contribution is 2.22. The highest BCUT2D eigenvalue weighted by molar-refractivity contribution is 5.98. The quantitative estimate of drug-likeness (QED) is 0.0257. The Hall–Kier alpha value is -4.32. The predicted octanol–water partition coefficient (Wildman–Crippen LogP) is 8.38. The second-order valence-corrected chi connectivity index (χ2v) is 23.8. The molecule has 0 aliphatic carbocycles. The number of carbonyl (C=O) groups excluding carboxylic acids is 8. The maximum atomic E-state index is 14.2. The molecule has 79 heavy (non-hydrogen) atoms. The fourth-order valence-corrected chi connectivity index (χ4v) is 10.6. The molecule has 2 aliphatic heterocycles. The first-order chi connectivity index (χ1) is 37.7. The summed E-state index contributed by atoms with van der Waals surface area (Å²) >= 11 is 0. The number of nitrogens with zero attached hydrogens (tertiary/aromatic N) is 1. The van der Waals surface area contributed by atoms with Gasteiger partial charge in [-0.05, 0) is 64.2 Å². The highest BCUT2D eigenvalue weighted by Gasteiger charge is 2.41. The Balaban J connectivity index is 2.21. The van der Waals surface area contributed by atoms with Gasteiger partial charge in [0.15, 0.2) is 6.04 Å². The molecule has 0 aromatic carbocycles. The SMILES string of the molecule is CCCCCCCCCCCCCCCCCCCCCCCCC[C@@H]1CC(=O)N[C@@H]([C@@H](C)O)C(=O)NC(C(C)C)C(=O)N[C@@H](C)C(=O)N2CCC[C@@H]2C(=O)N[C@H]([C@@H](C)CC)C(=O)N[C@@H](C(C)C)C(=O)NC([C@@H](C)OC)C(=O)O1. The maximum Gasteiger partial charge on any atom is 0.331 e. The van der Waals surface area contributed by atoms with Crippen molar-refractivity contribution >= 4 is 47.3 Å². The standard InChI is InChI=1S/C61H111N7O11/c1-12-14-15-16-17-18-19-20-21-22-23-24-25-26-27-28-29-30-31-32-33-34-35-37-47-40-49(70)63-53(45(9)69)59(75)65-50(41(3)4)56(72)62-44(8)60(76)68-39-36-38-48(68)55(71)66-52(43(7)13-2)58(74)64-51(42(5)6)57(73)67-54(46(10)78-11)61(77)79-47/h41-48,50-54,69H,12-40H2,1-11H3,(H,62,72)(H,63,70)(H,64,74)(H,65,75)(H,66,71)(H,67,73)/t43-,44-,45+,46+,47+,48+,50?,51-,52+,53-,54?/m0/s1. The molecular weight excluding hydrogens is 1010 g/mol. The normalized spacial score (nSPS) is 25.0. The summed E-state index contributed by atoms with van der Waals surface area (Å²) in [5.41, 5.74) is 0. The Kier molecular flexibility index (Phi) is 35.8. The van der Waals surface area contributed by atoms with Gasteiger partial charge in [0.05, 0.1) is 18.6 Å². The molecule has 7 amide bonds. The number of esters is 1. The smallest absolute Gasteiger partial charge is 0.331 e. The summed E-state index contributed by atoms with van der Waals surface area (Å²) in [5, 5.41) is 27.2. The Morgan fingerprint density at radius 1 is 0.532 bits per heavy atom. The van der Waals surface area contributed by atoms with Crippen molar-refractivity contribution in [3.8, 4) is 0 Å². The fourth-order valence-electron chi connectivity index (χ4n) is 10.6. The van der Waals surface area contributed by atoms with Crippen molar-refractivity contribution in [2.45, 2.75) is 310 Å². The van der Waals surface area contributed by atoms with Crippen LogP contribution in [-0.2, 0) is 47.8 Å². The van der Waals surface area contributed by atoms with Crippen LogP contribution < -0.4 is 31.9 Å². The molecule has 0 spiro atoms. The molecule has 7 N–H and O–H groups in total. The first-order valence-electron chi connectivity index (χ1n) is 31.2. The van der Waals surface area contributed by atoms with Gasteiger partial charge in [0.1, 0.15) is 42.4 Å². The third-order valence-corrected chi connectivity index (χ3v) is 16.2. The molecule has 0 saturated carbocycles. The van der Waals surface area contributed by atoms with Crippen molar-refractivity contribution in [1.82, 2.24) is 36.8 Å². The number of rotatable bonds is 31. The number of methoxy groups -OCH3 is 1. The minimum Gasteiger partial charge on any atom is -0.460 e. The van der Waals surface area contributed by atoms with Gasteiger partial charge in [-0.15, -0.1) is 0 Å². The number of nitrogens with one attached hydrogen (secondary N) is 6. The summed E-state index contributed by atoms with van der Waals surface area (Å²) in [6.45, 7) is 17.4. The van der Waals surface area contributed by atoms with Gasteiger partial charge in [0.2, 0.25) is 41.4 Å². The van der Waals surface area contributed by atoms with Crippen molar-refractivity contribution < 1.29 is 52.9 Å². The van der Waals surface area contributed by atoms with Crippen LogP contribution in [0.4, 0.5) is 0 Å². The molecule has 0 aromatic rings. The lowest BCUT2D eigenvalue weighted by Crippen LogP contribution is -2.61. The molecule has 2 aliphatic rings. The van der Waals surface area contributed by atoms with E-state index in [2.05, 4.69) is 38.8 Å². The van der Waals surface area contributed by atoms with Gasteiger partial charge in [-0.3, -0.25) is 33.6 Å². The van der Waals surface area contributed by atoms with E-state index in [9.17, 15) is 43.5 Å². The van der Waals surface area contributed by atoms with Gasteiger partial charge >= 0.3 is 5.97 Å². The fraction of sp³-hybridized carbons (Fsp3) is 0.869. The van der Waals surface area contributed by atoms with Crippen LogP contribution in [0.25, 0.3) is 0 Å². The summed E-state index contributed by atoms with van der Waals surface area (Å²) < 4.78 is 11.6. The second kappa shape index (κ2) is 40.0. The number of carbonyl (C=O) groups is 8. The minimum absolute atomic E-state index is 0.219. The van der Waals surface area contributed by atoms with Gasteiger partial charge < -0.3 is 51.4 Å². The van der Waals surface area contributed by atoms with E-state index in [1.807, 2.05) is 6.92 Å². The Bertz CT molecular complexity index is 1820. The lowest BCUT2D eigenvalue weighted by Gasteiger charge is -2.32. The third-order valence-electron chi connectivity index (χ3n) is 16.2. The number of hydrogen-bond donors (Lipinski definition) is 7. The van der Waals surface area contributed by atoms with Crippen LogP contribution in [0.3, 0.4) is 0 Å². The molecule has 18 nitrogen and oxygen atoms in total. The number of aliphatic hydroxyl groups is 1. The van der Waals surface area contributed by atoms with Gasteiger partial charge in [-0.2, -0.15) is 0 Å². The summed E-state index contributed by atoms with van der Waals surface area (Å²) in [6.07, 6.45) is 26.5. The van der Waals surface area contributed by atoms with E-state index in [-0.39, 0.29) is 19.4 Å². The summed E-state index contributed by atoms with van der Waals surface area (Å²) in [6, 6.07) is -8.44. The average Bonchev–Trinajstić information content (AvgIpc) is 3.95. The molecule has 0 bridgehead atoms. The van der Waals surface area contributed by atoms with E-state index < -0.39 is 126 Å². The van der Waals surface area contributed by atoms with E-state index in [1.54, 1.807) is 41.5 Å². The van der Waals surface area contributed by atoms with Crippen LogP contribution in [0.5, 0.6) is 0 Å². The number of hydrogen-bond acceptors (Lipinski definition) is 11. The molecule has 2 saturated heterocycles. The molecule has 11 atom stereocenters. The molecular formula is C61H111N7O11. The van der Waals surface area contributed by atoms with Crippen LogP contribution >= 0.6 is 0 Å². The summed E-state index contributed by atoms with van der Waals surface area (Å²) in [5.74, 6) is -6.94. The van der Waals surface area contributed by atoms with E-state index >= 15 is 0 Å².